The van der Waals surface area contributed by atoms with E-state index in [1.165, 1.54) is 34.4 Å². The van der Waals surface area contributed by atoms with Gasteiger partial charge in [-0.25, -0.2) is 9.37 Å². The highest BCUT2D eigenvalue weighted by Gasteiger charge is 2.18. The average molecular weight is 436 g/mol. The summed E-state index contributed by atoms with van der Waals surface area (Å²) in [6.45, 7) is 5.88. The number of hydrogen-bond donors (Lipinski definition) is 1. The number of halogens is 1. The second-order valence-electron chi connectivity index (χ2n) is 7.69. The van der Waals surface area contributed by atoms with E-state index in [-0.39, 0.29) is 29.7 Å². The molecule has 2 heterocycles. The summed E-state index contributed by atoms with van der Waals surface area (Å²) in [4.78, 5) is 31.9. The number of fused-ring (bicyclic) bond motifs is 1. The van der Waals surface area contributed by atoms with Crippen LogP contribution in [-0.2, 0) is 11.3 Å². The number of para-hydroxylation sites is 1. The number of benzene rings is 2. The molecule has 1 amide bonds. The lowest BCUT2D eigenvalue weighted by Gasteiger charge is -2.14. The minimum Gasteiger partial charge on any atom is -0.324 e. The van der Waals surface area contributed by atoms with Crippen molar-refractivity contribution in [2.45, 2.75) is 33.2 Å². The van der Waals surface area contributed by atoms with Crippen LogP contribution in [0.2, 0.25) is 0 Å². The number of thiophene rings is 1. The van der Waals surface area contributed by atoms with Crippen molar-refractivity contribution >= 4 is 33.1 Å². The molecule has 0 radical (unpaired) electrons. The minimum absolute atomic E-state index is 0.147. The summed E-state index contributed by atoms with van der Waals surface area (Å²) in [5.74, 6) is -0.384. The van der Waals surface area contributed by atoms with Crippen LogP contribution in [0, 0.1) is 12.7 Å². The largest absolute Gasteiger partial charge is 0.324 e. The molecule has 7 heteroatoms. The Morgan fingerprint density at radius 3 is 2.58 bits per heavy atom. The molecule has 0 aliphatic heterocycles. The summed E-state index contributed by atoms with van der Waals surface area (Å²) in [7, 11) is 0. The minimum atomic E-state index is -0.338. The van der Waals surface area contributed by atoms with E-state index in [2.05, 4.69) is 24.1 Å². The monoisotopic (exact) mass is 435 g/mol. The zero-order valence-corrected chi connectivity index (χ0v) is 18.3. The van der Waals surface area contributed by atoms with Gasteiger partial charge in [-0.15, -0.1) is 11.3 Å². The summed E-state index contributed by atoms with van der Waals surface area (Å²) in [6, 6.07) is 13.7. The van der Waals surface area contributed by atoms with E-state index < -0.39 is 0 Å². The van der Waals surface area contributed by atoms with Crippen LogP contribution in [0.4, 0.5) is 10.1 Å². The molecule has 5 nitrogen and oxygen atoms in total. The Hall–Kier alpha value is -3.32. The van der Waals surface area contributed by atoms with Gasteiger partial charge in [0.1, 0.15) is 17.2 Å². The maximum Gasteiger partial charge on any atom is 0.263 e. The van der Waals surface area contributed by atoms with Crippen molar-refractivity contribution in [3.8, 4) is 11.1 Å². The van der Waals surface area contributed by atoms with Gasteiger partial charge >= 0.3 is 0 Å². The van der Waals surface area contributed by atoms with Crippen LogP contribution in [0.5, 0.6) is 0 Å². The lowest BCUT2D eigenvalue weighted by Crippen LogP contribution is -2.28. The fourth-order valence-electron chi connectivity index (χ4n) is 3.67. The van der Waals surface area contributed by atoms with Crippen LogP contribution in [0.25, 0.3) is 21.3 Å². The summed E-state index contributed by atoms with van der Waals surface area (Å²) in [5, 5.41) is 3.36. The zero-order valence-electron chi connectivity index (χ0n) is 17.5. The van der Waals surface area contributed by atoms with Gasteiger partial charge in [0.2, 0.25) is 5.91 Å². The van der Waals surface area contributed by atoms with Gasteiger partial charge in [-0.1, -0.05) is 44.2 Å². The number of nitrogens with zero attached hydrogens (tertiary/aromatic N) is 2. The van der Waals surface area contributed by atoms with Gasteiger partial charge in [0.05, 0.1) is 11.7 Å². The number of carbonyl (C=O) groups is 1. The quantitative estimate of drug-likeness (QED) is 0.461. The van der Waals surface area contributed by atoms with E-state index >= 15 is 0 Å². The Morgan fingerprint density at radius 1 is 1.16 bits per heavy atom. The highest BCUT2D eigenvalue weighted by Crippen LogP contribution is 2.35. The molecule has 0 spiro atoms. The molecular weight excluding hydrogens is 413 g/mol. The second kappa shape index (κ2) is 8.43. The third kappa shape index (κ3) is 4.14. The third-order valence-corrected chi connectivity index (χ3v) is 6.17. The molecule has 0 atom stereocenters. The molecule has 0 aliphatic carbocycles. The van der Waals surface area contributed by atoms with E-state index in [1.54, 1.807) is 12.1 Å². The van der Waals surface area contributed by atoms with Gasteiger partial charge in [0, 0.05) is 16.1 Å². The molecule has 0 aliphatic rings. The summed E-state index contributed by atoms with van der Waals surface area (Å²) < 4.78 is 14.7. The fourth-order valence-corrected chi connectivity index (χ4v) is 4.68. The number of nitrogens with one attached hydrogen (secondary N) is 1. The smallest absolute Gasteiger partial charge is 0.263 e. The van der Waals surface area contributed by atoms with Gasteiger partial charge in [-0.2, -0.15) is 0 Å². The number of rotatable bonds is 5. The van der Waals surface area contributed by atoms with Crippen molar-refractivity contribution in [1.82, 2.24) is 9.55 Å². The lowest BCUT2D eigenvalue weighted by atomic mass is 10.0. The second-order valence-corrected chi connectivity index (χ2v) is 8.89. The highest BCUT2D eigenvalue weighted by molar-refractivity contribution is 7.19. The maximum atomic E-state index is 13.4. The molecule has 0 saturated carbocycles. The number of amides is 1. The maximum absolute atomic E-state index is 13.4. The van der Waals surface area contributed by atoms with Gasteiger partial charge in [0.15, 0.2) is 0 Å². The SMILES string of the molecule is Cc1sc2ncn(CC(=O)Nc3ccccc3C(C)C)c(=O)c2c1-c1ccc(F)cc1. The van der Waals surface area contributed by atoms with Crippen molar-refractivity contribution in [1.29, 1.82) is 0 Å². The lowest BCUT2D eigenvalue weighted by molar-refractivity contribution is -0.116. The highest BCUT2D eigenvalue weighted by atomic mass is 32.1. The average Bonchev–Trinajstić information content (AvgIpc) is 3.07. The number of aromatic nitrogens is 2. The van der Waals surface area contributed by atoms with E-state index in [9.17, 15) is 14.0 Å². The summed E-state index contributed by atoms with van der Waals surface area (Å²) in [6.07, 6.45) is 1.41. The first-order valence-corrected chi connectivity index (χ1v) is 10.8. The first-order valence-electron chi connectivity index (χ1n) is 9.98. The van der Waals surface area contributed by atoms with Crippen LogP contribution in [0.1, 0.15) is 30.2 Å². The van der Waals surface area contributed by atoms with E-state index in [1.807, 2.05) is 31.2 Å². The van der Waals surface area contributed by atoms with Gasteiger partial charge in [-0.3, -0.25) is 14.2 Å². The van der Waals surface area contributed by atoms with Crippen LogP contribution < -0.4 is 10.9 Å². The van der Waals surface area contributed by atoms with Crippen molar-refractivity contribution in [3.63, 3.8) is 0 Å². The number of anilines is 1. The Labute approximate surface area is 183 Å². The van der Waals surface area contributed by atoms with Crippen LogP contribution in [-0.4, -0.2) is 15.5 Å². The Bertz CT molecular complexity index is 1320. The van der Waals surface area contributed by atoms with E-state index in [0.29, 0.717) is 10.2 Å². The van der Waals surface area contributed by atoms with E-state index in [4.69, 9.17) is 0 Å². The first-order chi connectivity index (χ1) is 14.8. The molecule has 0 bridgehead atoms. The standard InChI is InChI=1S/C24H22FN3O2S/c1-14(2)18-6-4-5-7-19(18)27-20(29)12-28-13-26-23-22(24(28)30)21(15(3)31-23)16-8-10-17(25)11-9-16/h4-11,13-14H,12H2,1-3H3,(H,27,29). The van der Waals surface area contributed by atoms with Crippen molar-refractivity contribution in [2.24, 2.45) is 0 Å². The number of carbonyl (C=O) groups excluding carboxylic acids is 1. The van der Waals surface area contributed by atoms with Crippen LogP contribution >= 0.6 is 11.3 Å². The summed E-state index contributed by atoms with van der Waals surface area (Å²) in [5.41, 5.74) is 2.96. The molecule has 0 unspecified atom stereocenters. The molecule has 1 N–H and O–H groups in total. The molecule has 4 rings (SSSR count). The molecule has 4 aromatic rings. The molecule has 2 aromatic carbocycles. The van der Waals surface area contributed by atoms with Gasteiger partial charge < -0.3 is 5.32 Å². The zero-order chi connectivity index (χ0) is 22.1. The normalized spacial score (nSPS) is 11.3. The van der Waals surface area contributed by atoms with Crippen LogP contribution in [0.15, 0.2) is 59.7 Å². The molecule has 158 valence electrons. The van der Waals surface area contributed by atoms with Gasteiger partial charge in [-0.05, 0) is 42.2 Å². The predicted molar refractivity (Wildman–Crippen MR) is 123 cm³/mol. The first kappa shape index (κ1) is 20.9. The molecule has 2 aromatic heterocycles. The molecule has 0 saturated heterocycles. The predicted octanol–water partition coefficient (Wildman–Crippen LogP) is 5.33. The number of aryl methyl sites for hydroxylation is 1. The molecule has 0 fully saturated rings. The van der Waals surface area contributed by atoms with Crippen molar-refractivity contribution < 1.29 is 9.18 Å². The topological polar surface area (TPSA) is 64.0 Å². The van der Waals surface area contributed by atoms with Crippen molar-refractivity contribution in [3.05, 3.63) is 81.5 Å². The fraction of sp³-hybridized carbons (Fsp3) is 0.208. The number of hydrogen-bond acceptors (Lipinski definition) is 4. The van der Waals surface area contributed by atoms with Crippen molar-refractivity contribution in [2.75, 3.05) is 5.32 Å². The Kier molecular flexibility index (Phi) is 5.69. The summed E-state index contributed by atoms with van der Waals surface area (Å²) >= 11 is 1.41. The molecular formula is C24H22FN3O2S. The van der Waals surface area contributed by atoms with Crippen LogP contribution in [0.3, 0.4) is 0 Å². The van der Waals surface area contributed by atoms with E-state index in [0.717, 1.165) is 27.3 Å². The molecule has 31 heavy (non-hydrogen) atoms. The Balaban J connectivity index is 1.69. The third-order valence-electron chi connectivity index (χ3n) is 5.16. The van der Waals surface area contributed by atoms with Gasteiger partial charge in [0.25, 0.3) is 5.56 Å². The Morgan fingerprint density at radius 2 is 1.87 bits per heavy atom.